The molecule has 1 aromatic rings. The minimum Gasteiger partial charge on any atom is -0.324 e. The van der Waals surface area contributed by atoms with E-state index in [9.17, 15) is 4.57 Å². The largest absolute Gasteiger partial charge is 0.327 e. The van der Waals surface area contributed by atoms with Crippen molar-refractivity contribution in [1.29, 1.82) is 0 Å². The van der Waals surface area contributed by atoms with E-state index in [1.807, 2.05) is 30.5 Å². The average Bonchev–Trinajstić information content (AvgIpc) is 2.28. The summed E-state index contributed by atoms with van der Waals surface area (Å²) in [5.74, 6) is 0. The Balaban J connectivity index is 2.35. The van der Waals surface area contributed by atoms with Crippen LogP contribution in [-0.4, -0.2) is 35.0 Å². The molecule has 0 aliphatic carbocycles. The van der Waals surface area contributed by atoms with Crippen molar-refractivity contribution in [3.05, 3.63) is 29.8 Å². The monoisotopic (exact) mass is 274 g/mol. The molecule has 0 saturated heterocycles. The van der Waals surface area contributed by atoms with Gasteiger partial charge in [0.1, 0.15) is 0 Å². The number of nitrogens with zero attached hydrogens (tertiary/aromatic N) is 1. The summed E-state index contributed by atoms with van der Waals surface area (Å²) < 4.78 is 10.5. The van der Waals surface area contributed by atoms with Crippen LogP contribution in [0.4, 0.5) is 0 Å². The van der Waals surface area contributed by atoms with Crippen LogP contribution in [-0.2, 0) is 4.57 Å². The highest BCUT2D eigenvalue weighted by Gasteiger charge is 2.10. The summed E-state index contributed by atoms with van der Waals surface area (Å²) in [6, 6.07) is 7.84. The summed E-state index contributed by atoms with van der Waals surface area (Å²) in [7, 11) is -3.93. The third-order valence-corrected chi connectivity index (χ3v) is 3.49. The molecule has 0 aliphatic heterocycles. The molecular weight excluding hydrogens is 259 g/mol. The lowest BCUT2D eigenvalue weighted by Gasteiger charge is -2.02. The normalized spacial score (nSPS) is 11.9. The molecule has 0 fully saturated rings. The molecule has 0 spiro atoms. The van der Waals surface area contributed by atoms with E-state index in [1.165, 1.54) is 4.90 Å². The van der Waals surface area contributed by atoms with Gasteiger partial charge in [-0.15, -0.1) is 11.8 Å². The van der Waals surface area contributed by atoms with Crippen molar-refractivity contribution in [3.63, 3.8) is 0 Å². The average molecular weight is 274 g/mol. The minimum atomic E-state index is -3.93. The lowest BCUT2D eigenvalue weighted by molar-refractivity contribution is 0.372. The number of thioether (sulfide) groups is 1. The van der Waals surface area contributed by atoms with Crippen LogP contribution in [0, 0.1) is 0 Å². The summed E-state index contributed by atoms with van der Waals surface area (Å²) >= 11 is 1.67. The SMILES string of the molecule is CSc1ccc(/C=N/NCCP(=O)(O)O)cc1. The summed E-state index contributed by atoms with van der Waals surface area (Å²) in [6.45, 7) is 0.156. The zero-order chi connectivity index (χ0) is 12.7. The Morgan fingerprint density at radius 2 is 2.06 bits per heavy atom. The second-order valence-corrected chi connectivity index (χ2v) is 5.98. The maximum atomic E-state index is 10.5. The van der Waals surface area contributed by atoms with Crippen LogP contribution >= 0.6 is 19.4 Å². The van der Waals surface area contributed by atoms with Crippen LogP contribution in [0.5, 0.6) is 0 Å². The number of nitrogens with one attached hydrogen (secondary N) is 1. The second kappa shape index (κ2) is 6.81. The van der Waals surface area contributed by atoms with Crippen molar-refractivity contribution in [1.82, 2.24) is 5.43 Å². The number of hydrazone groups is 1. The van der Waals surface area contributed by atoms with Gasteiger partial charge in [0, 0.05) is 11.4 Å². The van der Waals surface area contributed by atoms with E-state index in [1.54, 1.807) is 18.0 Å². The molecule has 0 amide bonds. The maximum Gasteiger partial charge on any atom is 0.327 e. The fourth-order valence-corrected chi connectivity index (χ4v) is 1.87. The highest BCUT2D eigenvalue weighted by Crippen LogP contribution is 2.32. The molecular formula is C10H15N2O3PS. The van der Waals surface area contributed by atoms with Gasteiger partial charge in [0.05, 0.1) is 12.4 Å². The molecule has 0 atom stereocenters. The van der Waals surface area contributed by atoms with Gasteiger partial charge in [-0.05, 0) is 24.0 Å². The molecule has 7 heteroatoms. The predicted octanol–water partition coefficient (Wildman–Crippen LogP) is 1.51. The fraction of sp³-hybridized carbons (Fsp3) is 0.300. The summed E-state index contributed by atoms with van der Waals surface area (Å²) in [5, 5.41) is 3.88. The molecule has 0 heterocycles. The molecule has 0 aromatic heterocycles. The first kappa shape index (κ1) is 14.3. The van der Waals surface area contributed by atoms with Crippen molar-refractivity contribution in [2.75, 3.05) is 19.0 Å². The molecule has 0 bridgehead atoms. The Kier molecular flexibility index (Phi) is 5.71. The van der Waals surface area contributed by atoms with E-state index in [2.05, 4.69) is 10.5 Å². The van der Waals surface area contributed by atoms with Crippen molar-refractivity contribution >= 4 is 25.6 Å². The molecule has 17 heavy (non-hydrogen) atoms. The first-order valence-electron chi connectivity index (χ1n) is 4.96. The van der Waals surface area contributed by atoms with Crippen LogP contribution in [0.15, 0.2) is 34.3 Å². The van der Waals surface area contributed by atoms with E-state index in [-0.39, 0.29) is 12.7 Å². The Hall–Kier alpha value is -0.810. The third kappa shape index (κ3) is 6.48. The standard InChI is InChI=1S/C10H15N2O3PS/c1-17-10-4-2-9(3-5-10)8-12-11-6-7-16(13,14)15/h2-5,8,11H,6-7H2,1H3,(H2,13,14,15)/b12-8+. The molecule has 1 aromatic carbocycles. The van der Waals surface area contributed by atoms with Gasteiger partial charge < -0.3 is 15.2 Å². The van der Waals surface area contributed by atoms with Crippen molar-refractivity contribution in [2.45, 2.75) is 4.90 Å². The Morgan fingerprint density at radius 3 is 2.59 bits per heavy atom. The molecule has 0 radical (unpaired) electrons. The zero-order valence-electron chi connectivity index (χ0n) is 9.41. The van der Waals surface area contributed by atoms with Gasteiger partial charge in [-0.2, -0.15) is 5.10 Å². The van der Waals surface area contributed by atoms with Crippen LogP contribution in [0.3, 0.4) is 0 Å². The quantitative estimate of drug-likeness (QED) is 0.241. The van der Waals surface area contributed by atoms with Gasteiger partial charge >= 0.3 is 7.60 Å². The minimum absolute atomic E-state index is 0.156. The van der Waals surface area contributed by atoms with Crippen LogP contribution in [0.1, 0.15) is 5.56 Å². The molecule has 3 N–H and O–H groups in total. The second-order valence-electron chi connectivity index (χ2n) is 3.33. The number of hydrogen-bond acceptors (Lipinski definition) is 4. The van der Waals surface area contributed by atoms with Gasteiger partial charge in [-0.1, -0.05) is 12.1 Å². The highest BCUT2D eigenvalue weighted by atomic mass is 32.2. The lowest BCUT2D eigenvalue weighted by Crippen LogP contribution is -2.12. The molecule has 94 valence electrons. The van der Waals surface area contributed by atoms with Crippen LogP contribution < -0.4 is 5.43 Å². The maximum absolute atomic E-state index is 10.5. The van der Waals surface area contributed by atoms with Crippen molar-refractivity contribution in [2.24, 2.45) is 5.10 Å². The Morgan fingerprint density at radius 1 is 1.41 bits per heavy atom. The molecule has 0 saturated carbocycles. The van der Waals surface area contributed by atoms with Gasteiger partial charge in [-0.3, -0.25) is 4.57 Å². The van der Waals surface area contributed by atoms with E-state index < -0.39 is 7.60 Å². The fourth-order valence-electron chi connectivity index (χ4n) is 1.07. The van der Waals surface area contributed by atoms with Crippen LogP contribution in [0.2, 0.25) is 0 Å². The van der Waals surface area contributed by atoms with Gasteiger partial charge in [0.25, 0.3) is 0 Å². The van der Waals surface area contributed by atoms with E-state index in [0.29, 0.717) is 0 Å². The zero-order valence-corrected chi connectivity index (χ0v) is 11.1. The Bertz CT molecular complexity index is 416. The first-order chi connectivity index (χ1) is 8.01. The number of benzene rings is 1. The first-order valence-corrected chi connectivity index (χ1v) is 7.98. The topological polar surface area (TPSA) is 81.9 Å². The van der Waals surface area contributed by atoms with E-state index in [4.69, 9.17) is 9.79 Å². The smallest absolute Gasteiger partial charge is 0.324 e. The molecule has 5 nitrogen and oxygen atoms in total. The lowest BCUT2D eigenvalue weighted by atomic mass is 10.2. The number of hydrogen-bond donors (Lipinski definition) is 3. The molecule has 1 rings (SSSR count). The predicted molar refractivity (Wildman–Crippen MR) is 70.7 cm³/mol. The number of rotatable bonds is 6. The van der Waals surface area contributed by atoms with Gasteiger partial charge in [0.2, 0.25) is 0 Å². The van der Waals surface area contributed by atoms with Gasteiger partial charge in [0.15, 0.2) is 0 Å². The van der Waals surface area contributed by atoms with Crippen molar-refractivity contribution < 1.29 is 14.4 Å². The summed E-state index contributed by atoms with van der Waals surface area (Å²) in [5.41, 5.74) is 3.53. The highest BCUT2D eigenvalue weighted by molar-refractivity contribution is 7.98. The van der Waals surface area contributed by atoms with Crippen LogP contribution in [0.25, 0.3) is 0 Å². The Labute approximate surface area is 104 Å². The van der Waals surface area contributed by atoms with E-state index >= 15 is 0 Å². The summed E-state index contributed by atoms with van der Waals surface area (Å²) in [6.07, 6.45) is 3.41. The van der Waals surface area contributed by atoms with E-state index in [0.717, 1.165) is 5.56 Å². The molecule has 0 unspecified atom stereocenters. The summed E-state index contributed by atoms with van der Waals surface area (Å²) in [4.78, 5) is 18.4. The third-order valence-electron chi connectivity index (χ3n) is 1.94. The van der Waals surface area contributed by atoms with Crippen molar-refractivity contribution in [3.8, 4) is 0 Å². The van der Waals surface area contributed by atoms with Gasteiger partial charge in [-0.25, -0.2) is 0 Å². The molecule has 0 aliphatic rings.